The van der Waals surface area contributed by atoms with Crippen LogP contribution in [0.2, 0.25) is 0 Å². The summed E-state index contributed by atoms with van der Waals surface area (Å²) in [7, 11) is 0. The number of β-amino-alcohol motifs (C(OH)–C–C–N with tert-alkyl or cyclic N) is 1. The zero-order valence-electron chi connectivity index (χ0n) is 12.1. The van der Waals surface area contributed by atoms with Crippen molar-refractivity contribution in [1.82, 2.24) is 10.2 Å². The zero-order chi connectivity index (χ0) is 15.0. The van der Waals surface area contributed by atoms with Gasteiger partial charge in [0, 0.05) is 6.54 Å². The molecule has 112 valence electrons. The Morgan fingerprint density at radius 1 is 1.50 bits per heavy atom. The maximum absolute atomic E-state index is 11.9. The molecule has 1 amide bonds. The number of hydrogen-bond acceptors (Lipinski definition) is 5. The molecule has 2 aliphatic rings. The minimum Gasteiger partial charge on any atom is -0.444 e. The molecule has 6 nitrogen and oxygen atoms in total. The van der Waals surface area contributed by atoms with Crippen LogP contribution < -0.4 is 5.32 Å². The monoisotopic (exact) mass is 282 g/mol. The van der Waals surface area contributed by atoms with Crippen LogP contribution in [0.15, 0.2) is 23.4 Å². The molecule has 1 saturated heterocycles. The average Bonchev–Trinajstić information content (AvgIpc) is 2.32. The van der Waals surface area contributed by atoms with Gasteiger partial charge in [-0.2, -0.15) is 0 Å². The van der Waals surface area contributed by atoms with Gasteiger partial charge in [-0.3, -0.25) is 0 Å². The third-order valence-corrected chi connectivity index (χ3v) is 3.36. The highest BCUT2D eigenvalue weighted by Crippen LogP contribution is 2.32. The summed E-state index contributed by atoms with van der Waals surface area (Å²) in [6.45, 7) is 6.15. The van der Waals surface area contributed by atoms with E-state index in [2.05, 4.69) is 5.32 Å². The summed E-state index contributed by atoms with van der Waals surface area (Å²) in [5.74, 6) is 0. The number of nitrogens with one attached hydrogen (secondary N) is 1. The lowest BCUT2D eigenvalue weighted by molar-refractivity contribution is -0.0771. The minimum absolute atomic E-state index is 0.123. The van der Waals surface area contributed by atoms with Crippen molar-refractivity contribution >= 4 is 6.09 Å². The number of amides is 1. The van der Waals surface area contributed by atoms with E-state index in [9.17, 15) is 15.0 Å². The summed E-state index contributed by atoms with van der Waals surface area (Å²) < 4.78 is 5.26. The number of rotatable bonds is 2. The summed E-state index contributed by atoms with van der Waals surface area (Å²) in [5, 5.41) is 22.9. The van der Waals surface area contributed by atoms with Crippen molar-refractivity contribution < 1.29 is 19.7 Å². The van der Waals surface area contributed by atoms with E-state index in [1.54, 1.807) is 33.0 Å². The van der Waals surface area contributed by atoms with Crippen LogP contribution in [-0.4, -0.2) is 58.6 Å². The maximum Gasteiger partial charge on any atom is 0.410 e. The molecule has 0 bridgehead atoms. The molecular formula is C14H22N2O4. The summed E-state index contributed by atoms with van der Waals surface area (Å²) in [5.41, 5.74) is -0.181. The normalized spacial score (nSPS) is 21.4. The summed E-state index contributed by atoms with van der Waals surface area (Å²) in [6, 6.07) is 0. The fraction of sp³-hybridized carbons (Fsp3) is 0.643. The Kier molecular flexibility index (Phi) is 3.80. The van der Waals surface area contributed by atoms with Gasteiger partial charge in [-0.15, -0.1) is 0 Å². The topological polar surface area (TPSA) is 82.0 Å². The Morgan fingerprint density at radius 2 is 2.15 bits per heavy atom. The van der Waals surface area contributed by atoms with Gasteiger partial charge in [-0.1, -0.05) is 0 Å². The average molecular weight is 282 g/mol. The van der Waals surface area contributed by atoms with Crippen LogP contribution in [0, 0.1) is 0 Å². The lowest BCUT2D eigenvalue weighted by atomic mass is 9.82. The lowest BCUT2D eigenvalue weighted by Gasteiger charge is -2.48. The standard InChI is InChI=1S/C14H22N2O4/c1-13(2,3)20-12(18)16-8-14(19,9-16)11-6-15-5-4-10(11)7-17/h4-5,15,17,19H,6-9H2,1-3H3. The summed E-state index contributed by atoms with van der Waals surface area (Å²) >= 11 is 0. The van der Waals surface area contributed by atoms with E-state index in [4.69, 9.17) is 4.74 Å². The second kappa shape index (κ2) is 5.10. The van der Waals surface area contributed by atoms with Gasteiger partial charge in [0.1, 0.15) is 11.2 Å². The molecule has 0 aromatic heterocycles. The summed E-state index contributed by atoms with van der Waals surface area (Å²) in [6.07, 6.45) is 3.06. The molecule has 0 radical (unpaired) electrons. The van der Waals surface area contributed by atoms with E-state index in [0.717, 1.165) is 5.57 Å². The fourth-order valence-corrected chi connectivity index (χ4v) is 2.38. The second-order valence-electron chi connectivity index (χ2n) is 6.24. The van der Waals surface area contributed by atoms with E-state index in [1.807, 2.05) is 0 Å². The Morgan fingerprint density at radius 3 is 2.70 bits per heavy atom. The predicted molar refractivity (Wildman–Crippen MR) is 74.0 cm³/mol. The van der Waals surface area contributed by atoms with Gasteiger partial charge in [-0.25, -0.2) is 4.79 Å². The SMILES string of the molecule is CC(C)(C)OC(=O)N1CC(O)(C2=C(CO)C=CNC2)C1. The van der Waals surface area contributed by atoms with E-state index in [-0.39, 0.29) is 19.7 Å². The first-order valence-corrected chi connectivity index (χ1v) is 6.69. The van der Waals surface area contributed by atoms with Gasteiger partial charge >= 0.3 is 6.09 Å². The molecule has 0 aromatic rings. The number of nitrogens with zero attached hydrogens (tertiary/aromatic N) is 1. The highest BCUT2D eigenvalue weighted by molar-refractivity contribution is 5.70. The Labute approximate surface area is 118 Å². The van der Waals surface area contributed by atoms with Gasteiger partial charge in [0.05, 0.1) is 19.7 Å². The molecule has 2 aliphatic heterocycles. The zero-order valence-corrected chi connectivity index (χ0v) is 12.1. The van der Waals surface area contributed by atoms with Crippen LogP contribution in [0.1, 0.15) is 20.8 Å². The molecule has 0 atom stereocenters. The van der Waals surface area contributed by atoms with Crippen molar-refractivity contribution in [2.24, 2.45) is 0 Å². The molecule has 6 heteroatoms. The molecule has 0 aliphatic carbocycles. The number of ether oxygens (including phenoxy) is 1. The number of likely N-dealkylation sites (tertiary alicyclic amines) is 1. The fourth-order valence-electron chi connectivity index (χ4n) is 2.38. The highest BCUT2D eigenvalue weighted by Gasteiger charge is 2.48. The van der Waals surface area contributed by atoms with Crippen molar-refractivity contribution in [2.75, 3.05) is 26.2 Å². The van der Waals surface area contributed by atoms with Gasteiger partial charge in [0.25, 0.3) is 0 Å². The van der Waals surface area contributed by atoms with Crippen LogP contribution in [-0.2, 0) is 4.74 Å². The molecule has 2 rings (SSSR count). The first-order chi connectivity index (χ1) is 9.25. The minimum atomic E-state index is -1.08. The van der Waals surface area contributed by atoms with Crippen LogP contribution in [0.3, 0.4) is 0 Å². The van der Waals surface area contributed by atoms with Gasteiger partial charge in [-0.05, 0) is 44.2 Å². The van der Waals surface area contributed by atoms with Crippen molar-refractivity contribution in [3.63, 3.8) is 0 Å². The van der Waals surface area contributed by atoms with Crippen molar-refractivity contribution in [1.29, 1.82) is 0 Å². The lowest BCUT2D eigenvalue weighted by Crippen LogP contribution is -2.66. The number of carbonyl (C=O) groups is 1. The molecule has 0 saturated carbocycles. The van der Waals surface area contributed by atoms with Crippen LogP contribution in [0.25, 0.3) is 0 Å². The van der Waals surface area contributed by atoms with E-state index < -0.39 is 17.3 Å². The Balaban J connectivity index is 2.02. The first-order valence-electron chi connectivity index (χ1n) is 6.69. The number of aliphatic hydroxyl groups excluding tert-OH is 1. The highest BCUT2D eigenvalue weighted by atomic mass is 16.6. The smallest absolute Gasteiger partial charge is 0.410 e. The third kappa shape index (κ3) is 2.96. The van der Waals surface area contributed by atoms with Gasteiger partial charge in [0.15, 0.2) is 0 Å². The molecule has 0 spiro atoms. The number of aliphatic hydroxyl groups is 2. The molecule has 0 unspecified atom stereocenters. The number of dihydropyridines is 1. The van der Waals surface area contributed by atoms with Crippen LogP contribution in [0.5, 0.6) is 0 Å². The maximum atomic E-state index is 11.9. The largest absolute Gasteiger partial charge is 0.444 e. The Bertz CT molecular complexity index is 456. The molecule has 1 fully saturated rings. The molecule has 0 aromatic carbocycles. The first kappa shape index (κ1) is 14.9. The van der Waals surface area contributed by atoms with E-state index in [1.165, 1.54) is 4.90 Å². The van der Waals surface area contributed by atoms with Crippen molar-refractivity contribution in [2.45, 2.75) is 32.0 Å². The molecular weight excluding hydrogens is 260 g/mol. The van der Waals surface area contributed by atoms with Crippen LogP contribution >= 0.6 is 0 Å². The van der Waals surface area contributed by atoms with E-state index >= 15 is 0 Å². The van der Waals surface area contributed by atoms with E-state index in [0.29, 0.717) is 12.1 Å². The summed E-state index contributed by atoms with van der Waals surface area (Å²) in [4.78, 5) is 13.3. The van der Waals surface area contributed by atoms with Gasteiger partial charge in [0.2, 0.25) is 0 Å². The van der Waals surface area contributed by atoms with Crippen LogP contribution in [0.4, 0.5) is 4.79 Å². The molecule has 3 N–H and O–H groups in total. The predicted octanol–water partition coefficient (Wildman–Crippen LogP) is 0.374. The quantitative estimate of drug-likeness (QED) is 0.682. The number of carbonyl (C=O) groups excluding carboxylic acids is 1. The van der Waals surface area contributed by atoms with Gasteiger partial charge < -0.3 is 25.2 Å². The number of hydrogen-bond donors (Lipinski definition) is 3. The van der Waals surface area contributed by atoms with Crippen molar-refractivity contribution in [3.05, 3.63) is 23.4 Å². The molecule has 2 heterocycles. The third-order valence-electron chi connectivity index (χ3n) is 3.36. The van der Waals surface area contributed by atoms with Crippen molar-refractivity contribution in [3.8, 4) is 0 Å². The Hall–Kier alpha value is -1.53. The second-order valence-corrected chi connectivity index (χ2v) is 6.24. The molecule has 20 heavy (non-hydrogen) atoms.